The second-order valence-corrected chi connectivity index (χ2v) is 3.57. The van der Waals surface area contributed by atoms with Crippen LogP contribution in [0.2, 0.25) is 0 Å². The number of nitro groups is 1. The molecule has 19 heavy (non-hydrogen) atoms. The maximum Gasteiger partial charge on any atom is 0.363 e. The summed E-state index contributed by atoms with van der Waals surface area (Å²) in [5.41, 5.74) is -0.0171. The van der Waals surface area contributed by atoms with E-state index in [4.69, 9.17) is 4.84 Å². The SMILES string of the molecule is C=CCC(=O)N(C)OC(=O)c1ccc([N+](=O)[O-])cc1. The number of benzene rings is 1. The van der Waals surface area contributed by atoms with Gasteiger partial charge in [-0.05, 0) is 12.1 Å². The van der Waals surface area contributed by atoms with Crippen LogP contribution in [-0.4, -0.2) is 28.9 Å². The number of carbonyl (C=O) groups is 2. The normalized spacial score (nSPS) is 9.53. The Labute approximate surface area is 109 Å². The molecule has 1 amide bonds. The van der Waals surface area contributed by atoms with Gasteiger partial charge in [-0.3, -0.25) is 14.9 Å². The summed E-state index contributed by atoms with van der Waals surface area (Å²) in [6, 6.07) is 4.88. The number of non-ortho nitro benzene ring substituents is 1. The van der Waals surface area contributed by atoms with Gasteiger partial charge < -0.3 is 4.84 Å². The highest BCUT2D eigenvalue weighted by molar-refractivity contribution is 5.90. The number of nitrogens with zero attached hydrogens (tertiary/aromatic N) is 2. The molecule has 0 saturated heterocycles. The molecule has 1 aromatic rings. The monoisotopic (exact) mass is 264 g/mol. The molecule has 0 saturated carbocycles. The van der Waals surface area contributed by atoms with Crippen LogP contribution in [0, 0.1) is 10.1 Å². The molecule has 0 unspecified atom stereocenters. The van der Waals surface area contributed by atoms with E-state index in [-0.39, 0.29) is 17.7 Å². The smallest absolute Gasteiger partial charge is 0.333 e. The lowest BCUT2D eigenvalue weighted by Gasteiger charge is -2.15. The fourth-order valence-electron chi connectivity index (χ4n) is 1.20. The van der Waals surface area contributed by atoms with Crippen LogP contribution in [0.25, 0.3) is 0 Å². The van der Waals surface area contributed by atoms with Crippen molar-refractivity contribution in [1.82, 2.24) is 5.06 Å². The Kier molecular flexibility index (Phi) is 4.76. The zero-order chi connectivity index (χ0) is 14.4. The molecule has 0 spiro atoms. The van der Waals surface area contributed by atoms with Gasteiger partial charge in [0.05, 0.1) is 10.5 Å². The molecule has 0 atom stereocenters. The van der Waals surface area contributed by atoms with Crippen LogP contribution in [0.5, 0.6) is 0 Å². The molecule has 1 rings (SSSR count). The molecule has 100 valence electrons. The van der Waals surface area contributed by atoms with Gasteiger partial charge in [0.2, 0.25) is 0 Å². The van der Waals surface area contributed by atoms with Crippen LogP contribution < -0.4 is 0 Å². The molecule has 0 N–H and O–H groups in total. The summed E-state index contributed by atoms with van der Waals surface area (Å²) in [7, 11) is 1.30. The fraction of sp³-hybridized carbons (Fsp3) is 0.167. The maximum atomic E-state index is 11.6. The van der Waals surface area contributed by atoms with E-state index in [0.29, 0.717) is 0 Å². The molecule has 0 bridgehead atoms. The zero-order valence-electron chi connectivity index (χ0n) is 10.2. The lowest BCUT2D eigenvalue weighted by molar-refractivity contribution is -0.384. The minimum absolute atomic E-state index is 0.0457. The van der Waals surface area contributed by atoms with Crippen LogP contribution in [0.15, 0.2) is 36.9 Å². The Bertz CT molecular complexity index is 509. The van der Waals surface area contributed by atoms with Crippen molar-refractivity contribution in [1.29, 1.82) is 0 Å². The van der Waals surface area contributed by atoms with Crippen LogP contribution in [0.3, 0.4) is 0 Å². The highest BCUT2D eigenvalue weighted by Crippen LogP contribution is 2.13. The third-order valence-corrected chi connectivity index (χ3v) is 2.20. The second kappa shape index (κ2) is 6.29. The van der Waals surface area contributed by atoms with Crippen molar-refractivity contribution in [3.8, 4) is 0 Å². The van der Waals surface area contributed by atoms with Gasteiger partial charge in [0.1, 0.15) is 0 Å². The summed E-state index contributed by atoms with van der Waals surface area (Å²) in [6.45, 7) is 3.39. The molecule has 0 aliphatic rings. The summed E-state index contributed by atoms with van der Waals surface area (Å²) in [5.74, 6) is -1.19. The molecule has 0 aromatic heterocycles. The third kappa shape index (κ3) is 3.91. The van der Waals surface area contributed by atoms with E-state index in [1.165, 1.54) is 37.4 Å². The van der Waals surface area contributed by atoms with Gasteiger partial charge in [-0.15, -0.1) is 6.58 Å². The lowest BCUT2D eigenvalue weighted by Crippen LogP contribution is -2.29. The topological polar surface area (TPSA) is 89.8 Å². The molecular weight excluding hydrogens is 252 g/mol. The van der Waals surface area contributed by atoms with Crippen molar-refractivity contribution >= 4 is 17.6 Å². The van der Waals surface area contributed by atoms with Crippen LogP contribution in [0.1, 0.15) is 16.8 Å². The first kappa shape index (κ1) is 14.4. The summed E-state index contributed by atoms with van der Waals surface area (Å²) >= 11 is 0. The number of hydrogen-bond donors (Lipinski definition) is 0. The average Bonchev–Trinajstić information content (AvgIpc) is 2.38. The maximum absolute atomic E-state index is 11.6. The number of hydrogen-bond acceptors (Lipinski definition) is 5. The zero-order valence-corrected chi connectivity index (χ0v) is 10.2. The van der Waals surface area contributed by atoms with E-state index < -0.39 is 16.8 Å². The molecule has 0 aliphatic heterocycles. The van der Waals surface area contributed by atoms with Crippen molar-refractivity contribution in [2.24, 2.45) is 0 Å². The third-order valence-electron chi connectivity index (χ3n) is 2.20. The number of rotatable bonds is 4. The predicted octanol–water partition coefficient (Wildman–Crippen LogP) is 1.70. The molecular formula is C12H12N2O5. The Morgan fingerprint density at radius 1 is 1.42 bits per heavy atom. The quantitative estimate of drug-likeness (QED) is 0.469. The highest BCUT2D eigenvalue weighted by Gasteiger charge is 2.15. The summed E-state index contributed by atoms with van der Waals surface area (Å²) in [6.07, 6.45) is 1.43. The first-order valence-electron chi connectivity index (χ1n) is 5.30. The average molecular weight is 264 g/mol. The van der Waals surface area contributed by atoms with Crippen LogP contribution >= 0.6 is 0 Å². The largest absolute Gasteiger partial charge is 0.363 e. The minimum Gasteiger partial charge on any atom is -0.333 e. The predicted molar refractivity (Wildman–Crippen MR) is 66.1 cm³/mol. The number of hydroxylamine groups is 2. The second-order valence-electron chi connectivity index (χ2n) is 3.57. The van der Waals surface area contributed by atoms with Crippen molar-refractivity contribution in [2.45, 2.75) is 6.42 Å². The van der Waals surface area contributed by atoms with E-state index in [0.717, 1.165) is 5.06 Å². The van der Waals surface area contributed by atoms with Crippen LogP contribution in [-0.2, 0) is 9.63 Å². The van der Waals surface area contributed by atoms with E-state index >= 15 is 0 Å². The first-order chi connectivity index (χ1) is 8.95. The standard InChI is InChI=1S/C12H12N2O5/c1-3-4-11(15)13(2)19-12(16)9-5-7-10(8-6-9)14(17)18/h3,5-8H,1,4H2,2H3. The molecule has 7 heteroatoms. The molecule has 0 aliphatic carbocycles. The van der Waals surface area contributed by atoms with Gasteiger partial charge in [0.25, 0.3) is 11.6 Å². The first-order valence-corrected chi connectivity index (χ1v) is 5.30. The van der Waals surface area contributed by atoms with Crippen LogP contribution in [0.4, 0.5) is 5.69 Å². The Morgan fingerprint density at radius 2 is 2.00 bits per heavy atom. The molecule has 0 fully saturated rings. The lowest BCUT2D eigenvalue weighted by atomic mass is 10.2. The molecule has 7 nitrogen and oxygen atoms in total. The van der Waals surface area contributed by atoms with Crippen molar-refractivity contribution < 1.29 is 19.3 Å². The Morgan fingerprint density at radius 3 is 2.47 bits per heavy atom. The van der Waals surface area contributed by atoms with Crippen molar-refractivity contribution in [2.75, 3.05) is 7.05 Å². The number of carbonyl (C=O) groups excluding carboxylic acids is 2. The van der Waals surface area contributed by atoms with Gasteiger partial charge in [0, 0.05) is 25.6 Å². The highest BCUT2D eigenvalue weighted by atomic mass is 16.7. The number of nitro benzene ring substituents is 1. The fourth-order valence-corrected chi connectivity index (χ4v) is 1.20. The summed E-state index contributed by atoms with van der Waals surface area (Å²) in [4.78, 5) is 37.6. The van der Waals surface area contributed by atoms with Gasteiger partial charge in [-0.1, -0.05) is 6.08 Å². The summed E-state index contributed by atoms with van der Waals surface area (Å²) in [5, 5.41) is 11.2. The van der Waals surface area contributed by atoms with Crippen molar-refractivity contribution in [3.05, 3.63) is 52.6 Å². The van der Waals surface area contributed by atoms with Gasteiger partial charge in [-0.2, -0.15) is 5.06 Å². The van der Waals surface area contributed by atoms with Gasteiger partial charge in [-0.25, -0.2) is 4.79 Å². The van der Waals surface area contributed by atoms with E-state index in [1.807, 2.05) is 0 Å². The molecule has 0 radical (unpaired) electrons. The van der Waals surface area contributed by atoms with Crippen molar-refractivity contribution in [3.63, 3.8) is 0 Å². The number of amides is 1. The molecule has 0 heterocycles. The molecule has 1 aromatic carbocycles. The van der Waals surface area contributed by atoms with E-state index in [2.05, 4.69) is 6.58 Å². The Hall–Kier alpha value is -2.70. The van der Waals surface area contributed by atoms with E-state index in [9.17, 15) is 19.7 Å². The Balaban J connectivity index is 2.70. The van der Waals surface area contributed by atoms with Gasteiger partial charge >= 0.3 is 5.97 Å². The summed E-state index contributed by atoms with van der Waals surface area (Å²) < 4.78 is 0. The minimum atomic E-state index is -0.769. The van der Waals surface area contributed by atoms with Gasteiger partial charge in [0.15, 0.2) is 0 Å². The van der Waals surface area contributed by atoms with E-state index in [1.54, 1.807) is 0 Å².